The third kappa shape index (κ3) is 5.12. The molecule has 2 aliphatic rings. The van der Waals surface area contributed by atoms with E-state index in [2.05, 4.69) is 10.0 Å². The van der Waals surface area contributed by atoms with E-state index in [0.29, 0.717) is 24.7 Å². The number of fused-ring (bicyclic) bond motifs is 1. The summed E-state index contributed by atoms with van der Waals surface area (Å²) in [7, 11) is -3.87. The van der Waals surface area contributed by atoms with Crippen LogP contribution in [0.5, 0.6) is 11.5 Å². The normalized spacial score (nSPS) is 23.9. The fraction of sp³-hybridized carbons (Fsp3) is 0.611. The summed E-state index contributed by atoms with van der Waals surface area (Å²) in [5.74, 6) is 0.576. The van der Waals surface area contributed by atoms with Gasteiger partial charge in [-0.15, -0.1) is 0 Å². The fourth-order valence-electron chi connectivity index (χ4n) is 3.25. The summed E-state index contributed by atoms with van der Waals surface area (Å²) in [5, 5.41) is 2.91. The van der Waals surface area contributed by atoms with E-state index in [-0.39, 0.29) is 22.9 Å². The molecule has 1 aromatic carbocycles. The van der Waals surface area contributed by atoms with Gasteiger partial charge >= 0.3 is 0 Å². The van der Waals surface area contributed by atoms with Gasteiger partial charge in [0.25, 0.3) is 0 Å². The quantitative estimate of drug-likeness (QED) is 0.679. The number of nitrogens with two attached hydrogens (primary N) is 1. The molecule has 0 radical (unpaired) electrons. The molecule has 0 spiro atoms. The molecule has 3 rings (SSSR count). The molecule has 1 aromatic rings. The van der Waals surface area contributed by atoms with Crippen molar-refractivity contribution in [2.24, 2.45) is 5.73 Å². The first-order valence-corrected chi connectivity index (χ1v) is 10.8. The van der Waals surface area contributed by atoms with Crippen molar-refractivity contribution in [2.45, 2.75) is 62.0 Å². The molecule has 1 amide bonds. The van der Waals surface area contributed by atoms with Gasteiger partial charge in [-0.3, -0.25) is 4.79 Å². The Morgan fingerprint density at radius 2 is 1.81 bits per heavy atom. The summed E-state index contributed by atoms with van der Waals surface area (Å²) < 4.78 is 38.8. The molecule has 1 unspecified atom stereocenters. The molecular weight excluding hydrogens is 370 g/mol. The summed E-state index contributed by atoms with van der Waals surface area (Å²) in [5.41, 5.74) is 5.87. The van der Waals surface area contributed by atoms with Crippen molar-refractivity contribution in [3.63, 3.8) is 0 Å². The van der Waals surface area contributed by atoms with Crippen molar-refractivity contribution in [3.8, 4) is 11.5 Å². The lowest BCUT2D eigenvalue weighted by Crippen LogP contribution is -2.49. The second-order valence-corrected chi connectivity index (χ2v) is 8.84. The van der Waals surface area contributed by atoms with Crippen LogP contribution < -0.4 is 25.2 Å². The van der Waals surface area contributed by atoms with Gasteiger partial charge in [0.05, 0.1) is 24.2 Å². The van der Waals surface area contributed by atoms with Crippen LogP contribution in [0.1, 0.15) is 39.0 Å². The molecule has 0 bridgehead atoms. The van der Waals surface area contributed by atoms with E-state index < -0.39 is 16.1 Å². The van der Waals surface area contributed by atoms with Gasteiger partial charge in [-0.2, -0.15) is 4.72 Å². The van der Waals surface area contributed by atoms with Crippen LogP contribution in [0.2, 0.25) is 0 Å². The average Bonchev–Trinajstić information content (AvgIpc) is 2.88. The number of sulfonamides is 1. The van der Waals surface area contributed by atoms with Crippen molar-refractivity contribution in [1.29, 1.82) is 0 Å². The zero-order valence-corrected chi connectivity index (χ0v) is 16.3. The lowest BCUT2D eigenvalue weighted by Gasteiger charge is -2.28. The van der Waals surface area contributed by atoms with Gasteiger partial charge in [0.15, 0.2) is 11.5 Å². The predicted molar refractivity (Wildman–Crippen MR) is 100 cm³/mol. The predicted octanol–water partition coefficient (Wildman–Crippen LogP) is 0.901. The van der Waals surface area contributed by atoms with Gasteiger partial charge < -0.3 is 20.5 Å². The van der Waals surface area contributed by atoms with Crippen molar-refractivity contribution in [3.05, 3.63) is 18.2 Å². The number of benzene rings is 1. The molecule has 150 valence electrons. The molecule has 1 atom stereocenters. The second-order valence-electron chi connectivity index (χ2n) is 7.12. The first kappa shape index (κ1) is 19.9. The maximum atomic E-state index is 12.6. The summed E-state index contributed by atoms with van der Waals surface area (Å²) >= 11 is 0. The van der Waals surface area contributed by atoms with E-state index in [4.69, 9.17) is 15.2 Å². The minimum Gasteiger partial charge on any atom is -0.490 e. The Morgan fingerprint density at radius 1 is 1.15 bits per heavy atom. The van der Waals surface area contributed by atoms with Gasteiger partial charge in [-0.1, -0.05) is 0 Å². The second kappa shape index (κ2) is 8.45. The van der Waals surface area contributed by atoms with Crippen molar-refractivity contribution in [1.82, 2.24) is 10.0 Å². The Bertz CT molecular complexity index is 775. The maximum absolute atomic E-state index is 12.6. The van der Waals surface area contributed by atoms with E-state index >= 15 is 0 Å². The van der Waals surface area contributed by atoms with E-state index in [1.165, 1.54) is 19.1 Å². The van der Waals surface area contributed by atoms with E-state index in [1.807, 2.05) is 0 Å². The van der Waals surface area contributed by atoms with Crippen LogP contribution in [0.15, 0.2) is 23.1 Å². The van der Waals surface area contributed by atoms with Crippen LogP contribution in [-0.2, 0) is 14.8 Å². The summed E-state index contributed by atoms with van der Waals surface area (Å²) in [4.78, 5) is 12.4. The molecule has 27 heavy (non-hydrogen) atoms. The molecule has 8 nitrogen and oxygen atoms in total. The average molecular weight is 397 g/mol. The molecule has 0 saturated heterocycles. The molecule has 1 aliphatic heterocycles. The Hall–Kier alpha value is -1.84. The van der Waals surface area contributed by atoms with E-state index in [0.717, 1.165) is 32.1 Å². The highest BCUT2D eigenvalue weighted by molar-refractivity contribution is 7.89. The largest absolute Gasteiger partial charge is 0.490 e. The van der Waals surface area contributed by atoms with Crippen LogP contribution in [-0.4, -0.2) is 45.7 Å². The van der Waals surface area contributed by atoms with E-state index in [9.17, 15) is 13.2 Å². The summed E-state index contributed by atoms with van der Waals surface area (Å²) in [6.45, 7) is 2.53. The number of hydrogen-bond acceptors (Lipinski definition) is 6. The zero-order chi connectivity index (χ0) is 19.4. The molecular formula is C18H27N3O5S. The van der Waals surface area contributed by atoms with Gasteiger partial charge in [0.2, 0.25) is 15.9 Å². The number of rotatable bonds is 5. The smallest absolute Gasteiger partial charge is 0.241 e. The van der Waals surface area contributed by atoms with Gasteiger partial charge in [0, 0.05) is 24.6 Å². The molecule has 9 heteroatoms. The third-order valence-electron chi connectivity index (χ3n) is 4.87. The van der Waals surface area contributed by atoms with E-state index in [1.54, 1.807) is 6.07 Å². The Balaban J connectivity index is 1.63. The maximum Gasteiger partial charge on any atom is 0.241 e. The number of nitrogens with one attached hydrogen (secondary N) is 2. The zero-order valence-electron chi connectivity index (χ0n) is 15.4. The van der Waals surface area contributed by atoms with Crippen LogP contribution in [0.3, 0.4) is 0 Å². The highest BCUT2D eigenvalue weighted by Crippen LogP contribution is 2.31. The minimum absolute atomic E-state index is 0.0371. The minimum atomic E-state index is -3.87. The van der Waals surface area contributed by atoms with Crippen molar-refractivity contribution >= 4 is 15.9 Å². The van der Waals surface area contributed by atoms with Crippen molar-refractivity contribution < 1.29 is 22.7 Å². The number of carbonyl (C=O) groups is 1. The monoisotopic (exact) mass is 397 g/mol. The molecule has 0 aromatic heterocycles. The highest BCUT2D eigenvalue weighted by atomic mass is 32.2. The third-order valence-corrected chi connectivity index (χ3v) is 6.41. The number of hydrogen-bond donors (Lipinski definition) is 3. The molecule has 1 aliphatic carbocycles. The van der Waals surface area contributed by atoms with Gasteiger partial charge in [0.1, 0.15) is 0 Å². The first-order valence-electron chi connectivity index (χ1n) is 9.33. The SMILES string of the molecule is CC(NS(=O)(=O)c1ccc2c(c1)OCCCO2)C(=O)NC1CCC(N)CC1. The molecule has 1 fully saturated rings. The number of amides is 1. The highest BCUT2D eigenvalue weighted by Gasteiger charge is 2.26. The topological polar surface area (TPSA) is 120 Å². The Labute approximate surface area is 159 Å². The van der Waals surface area contributed by atoms with Crippen LogP contribution in [0.25, 0.3) is 0 Å². The standard InChI is InChI=1S/C18H27N3O5S/c1-12(18(22)20-14-5-3-13(19)4-6-14)21-27(23,24)15-7-8-16-17(11-15)26-10-2-9-25-16/h7-8,11-14,21H,2-6,9-10,19H2,1H3,(H,20,22). The summed E-state index contributed by atoms with van der Waals surface area (Å²) in [6, 6.07) is 3.79. The Morgan fingerprint density at radius 3 is 2.52 bits per heavy atom. The fourth-order valence-corrected chi connectivity index (χ4v) is 4.47. The first-order chi connectivity index (χ1) is 12.8. The van der Waals surface area contributed by atoms with Gasteiger partial charge in [-0.05, 0) is 44.7 Å². The molecule has 1 heterocycles. The van der Waals surface area contributed by atoms with Crippen LogP contribution in [0.4, 0.5) is 0 Å². The molecule has 1 saturated carbocycles. The number of carbonyl (C=O) groups excluding carboxylic acids is 1. The molecule has 4 N–H and O–H groups in total. The lowest BCUT2D eigenvalue weighted by atomic mass is 9.92. The van der Waals surface area contributed by atoms with Crippen molar-refractivity contribution in [2.75, 3.05) is 13.2 Å². The van der Waals surface area contributed by atoms with Crippen LogP contribution >= 0.6 is 0 Å². The number of ether oxygens (including phenoxy) is 2. The van der Waals surface area contributed by atoms with Crippen LogP contribution in [0, 0.1) is 0 Å². The Kier molecular flexibility index (Phi) is 6.23. The lowest BCUT2D eigenvalue weighted by molar-refractivity contribution is -0.123. The van der Waals surface area contributed by atoms with Gasteiger partial charge in [-0.25, -0.2) is 8.42 Å². The summed E-state index contributed by atoms with van der Waals surface area (Å²) in [6.07, 6.45) is 4.09.